The summed E-state index contributed by atoms with van der Waals surface area (Å²) in [5, 5.41) is 5.93. The van der Waals surface area contributed by atoms with Crippen LogP contribution in [0.2, 0.25) is 0 Å². The van der Waals surface area contributed by atoms with E-state index in [4.69, 9.17) is 19.9 Å². The summed E-state index contributed by atoms with van der Waals surface area (Å²) in [6.07, 6.45) is 1.94. The van der Waals surface area contributed by atoms with Gasteiger partial charge in [0.1, 0.15) is 17.7 Å². The molecule has 4 heterocycles. The highest BCUT2D eigenvalue weighted by molar-refractivity contribution is 5.95. The normalized spacial score (nSPS) is 20.0. The highest BCUT2D eigenvalue weighted by Crippen LogP contribution is 2.29. The molecule has 0 unspecified atom stereocenters. The van der Waals surface area contributed by atoms with E-state index in [0.717, 1.165) is 5.56 Å². The molecule has 0 saturated carbocycles. The zero-order valence-corrected chi connectivity index (χ0v) is 20.3. The molecule has 3 aliphatic rings. The van der Waals surface area contributed by atoms with Gasteiger partial charge >= 0.3 is 0 Å². The minimum Gasteiger partial charge on any atom is -0.493 e. The first-order chi connectivity index (χ1) is 18.0. The Morgan fingerprint density at radius 3 is 2.76 bits per heavy atom. The standard InChI is InChI=1S/C26H28N6O5/c1-35-21-7-4-17-12-22(21)36-15-24(33)29-13-16-2-5-18(6-3-16)37-20-9-11-32(14-19(20)30-25(17)34)26-28-10-8-23(27)31-26/h2-8,10,12,19-20H,9,11,13-15H2,1H3,(H,29,33)(H,30,34)(H2,27,28,31)/t19-,20+/m0/s1. The molecular weight excluding hydrogens is 476 g/mol. The van der Waals surface area contributed by atoms with Gasteiger partial charge < -0.3 is 35.5 Å². The van der Waals surface area contributed by atoms with Crippen LogP contribution in [0, 0.1) is 0 Å². The number of rotatable bonds is 2. The van der Waals surface area contributed by atoms with Gasteiger partial charge in [-0.3, -0.25) is 9.59 Å². The number of anilines is 2. The molecule has 2 aromatic carbocycles. The Bertz CT molecular complexity index is 1280. The average molecular weight is 505 g/mol. The molecule has 3 aliphatic heterocycles. The quantitative estimate of drug-likeness (QED) is 0.474. The lowest BCUT2D eigenvalue weighted by atomic mass is 10.0. The number of carbonyl (C=O) groups is 2. The average Bonchev–Trinajstić information content (AvgIpc) is 2.92. The van der Waals surface area contributed by atoms with Crippen molar-refractivity contribution in [1.82, 2.24) is 20.6 Å². The Kier molecular flexibility index (Phi) is 6.93. The van der Waals surface area contributed by atoms with Crippen LogP contribution in [-0.4, -0.2) is 60.7 Å². The summed E-state index contributed by atoms with van der Waals surface area (Å²) in [5.41, 5.74) is 7.15. The molecule has 2 atom stereocenters. The largest absolute Gasteiger partial charge is 0.493 e. The number of piperidine rings is 1. The SMILES string of the molecule is COc1ccc2cc1OCC(=O)NCc1ccc(cc1)O[C@@H]1CCN(c3nccc(N)n3)C[C@@H]1NC2=O. The van der Waals surface area contributed by atoms with E-state index in [0.29, 0.717) is 60.6 Å². The lowest BCUT2D eigenvalue weighted by molar-refractivity contribution is -0.123. The smallest absolute Gasteiger partial charge is 0.258 e. The number of aromatic nitrogens is 2. The van der Waals surface area contributed by atoms with Crippen LogP contribution in [0.4, 0.5) is 11.8 Å². The summed E-state index contributed by atoms with van der Waals surface area (Å²) in [6.45, 7) is 1.18. The molecule has 192 valence electrons. The second-order valence-electron chi connectivity index (χ2n) is 8.83. The molecule has 1 fully saturated rings. The summed E-state index contributed by atoms with van der Waals surface area (Å²) in [6, 6.07) is 13.6. The summed E-state index contributed by atoms with van der Waals surface area (Å²) in [5.74, 6) is 1.65. The first kappa shape index (κ1) is 24.2. The zero-order valence-electron chi connectivity index (χ0n) is 20.3. The van der Waals surface area contributed by atoms with Crippen molar-refractivity contribution in [2.45, 2.75) is 25.1 Å². The van der Waals surface area contributed by atoms with E-state index in [-0.39, 0.29) is 30.6 Å². The van der Waals surface area contributed by atoms with Gasteiger partial charge in [-0.1, -0.05) is 12.1 Å². The van der Waals surface area contributed by atoms with Gasteiger partial charge in [0, 0.05) is 37.8 Å². The van der Waals surface area contributed by atoms with E-state index in [2.05, 4.69) is 20.6 Å². The van der Waals surface area contributed by atoms with Gasteiger partial charge in [-0.15, -0.1) is 0 Å². The van der Waals surface area contributed by atoms with Crippen molar-refractivity contribution >= 4 is 23.6 Å². The number of hydrogen-bond acceptors (Lipinski definition) is 9. The maximum absolute atomic E-state index is 13.4. The highest BCUT2D eigenvalue weighted by atomic mass is 16.5. The number of nitrogens with two attached hydrogens (primary N) is 1. The van der Waals surface area contributed by atoms with Crippen molar-refractivity contribution in [2.75, 3.05) is 37.4 Å². The number of nitrogens with zero attached hydrogens (tertiary/aromatic N) is 3. The summed E-state index contributed by atoms with van der Waals surface area (Å²) >= 11 is 0. The van der Waals surface area contributed by atoms with E-state index in [9.17, 15) is 9.59 Å². The van der Waals surface area contributed by atoms with Crippen LogP contribution in [-0.2, 0) is 11.3 Å². The number of nitrogens with one attached hydrogen (secondary N) is 2. The lowest BCUT2D eigenvalue weighted by Gasteiger charge is -2.38. The number of methoxy groups -OCH3 is 1. The van der Waals surface area contributed by atoms with Crippen LogP contribution in [0.3, 0.4) is 0 Å². The number of hydrogen-bond donors (Lipinski definition) is 3. The van der Waals surface area contributed by atoms with E-state index in [1.54, 1.807) is 30.5 Å². The molecule has 0 spiro atoms. The maximum atomic E-state index is 13.4. The molecule has 1 aromatic heterocycles. The van der Waals surface area contributed by atoms with Crippen molar-refractivity contribution in [3.63, 3.8) is 0 Å². The molecule has 4 bridgehead atoms. The van der Waals surface area contributed by atoms with Crippen LogP contribution in [0.1, 0.15) is 22.3 Å². The second-order valence-corrected chi connectivity index (χ2v) is 8.83. The third-order valence-electron chi connectivity index (χ3n) is 6.30. The van der Waals surface area contributed by atoms with Crippen molar-refractivity contribution in [1.29, 1.82) is 0 Å². The van der Waals surface area contributed by atoms with Crippen LogP contribution in [0.15, 0.2) is 54.7 Å². The number of fused-ring (bicyclic) bond motifs is 7. The minimum atomic E-state index is -0.378. The van der Waals surface area contributed by atoms with Crippen molar-refractivity contribution in [2.24, 2.45) is 0 Å². The third kappa shape index (κ3) is 5.66. The van der Waals surface area contributed by atoms with Gasteiger partial charge in [0.15, 0.2) is 18.1 Å². The number of nitrogen functional groups attached to an aromatic ring is 1. The molecular formula is C26H28N6O5. The fourth-order valence-electron chi connectivity index (χ4n) is 4.34. The third-order valence-corrected chi connectivity index (χ3v) is 6.30. The Balaban J connectivity index is 1.46. The monoisotopic (exact) mass is 504 g/mol. The van der Waals surface area contributed by atoms with Crippen molar-refractivity contribution in [3.8, 4) is 17.2 Å². The van der Waals surface area contributed by atoms with Gasteiger partial charge in [0.25, 0.3) is 11.8 Å². The number of ether oxygens (including phenoxy) is 3. The van der Waals surface area contributed by atoms with E-state index in [1.807, 2.05) is 29.2 Å². The zero-order chi connectivity index (χ0) is 25.8. The Labute approximate surface area is 213 Å². The van der Waals surface area contributed by atoms with E-state index < -0.39 is 0 Å². The molecule has 1 saturated heterocycles. The van der Waals surface area contributed by atoms with Gasteiger partial charge in [-0.05, 0) is 42.0 Å². The van der Waals surface area contributed by atoms with E-state index >= 15 is 0 Å². The Hall–Kier alpha value is -4.54. The van der Waals surface area contributed by atoms with Gasteiger partial charge in [-0.25, -0.2) is 4.98 Å². The first-order valence-corrected chi connectivity index (χ1v) is 12.0. The van der Waals surface area contributed by atoms with Gasteiger partial charge in [0.2, 0.25) is 5.95 Å². The molecule has 4 N–H and O–H groups in total. The Morgan fingerprint density at radius 2 is 1.97 bits per heavy atom. The minimum absolute atomic E-state index is 0.220. The molecule has 11 heteroatoms. The predicted molar refractivity (Wildman–Crippen MR) is 136 cm³/mol. The number of benzene rings is 2. The van der Waals surface area contributed by atoms with Gasteiger partial charge in [0.05, 0.1) is 13.2 Å². The van der Waals surface area contributed by atoms with Crippen LogP contribution >= 0.6 is 0 Å². The highest BCUT2D eigenvalue weighted by Gasteiger charge is 2.33. The first-order valence-electron chi connectivity index (χ1n) is 12.0. The fourth-order valence-corrected chi connectivity index (χ4v) is 4.34. The van der Waals surface area contributed by atoms with Crippen LogP contribution < -0.4 is 35.5 Å². The molecule has 0 radical (unpaired) electrons. The molecule has 11 nitrogen and oxygen atoms in total. The molecule has 2 amide bonds. The lowest BCUT2D eigenvalue weighted by Crippen LogP contribution is -2.57. The number of carbonyl (C=O) groups excluding carboxylic acids is 2. The summed E-state index contributed by atoms with van der Waals surface area (Å²) in [7, 11) is 1.50. The summed E-state index contributed by atoms with van der Waals surface area (Å²) in [4.78, 5) is 36.3. The fraction of sp³-hybridized carbons (Fsp3) is 0.308. The predicted octanol–water partition coefficient (Wildman–Crippen LogP) is 1.53. The number of amides is 2. The van der Waals surface area contributed by atoms with E-state index in [1.165, 1.54) is 7.11 Å². The maximum Gasteiger partial charge on any atom is 0.258 e. The van der Waals surface area contributed by atoms with Crippen molar-refractivity contribution in [3.05, 3.63) is 65.9 Å². The molecule has 3 aromatic rings. The molecule has 37 heavy (non-hydrogen) atoms. The van der Waals surface area contributed by atoms with Crippen molar-refractivity contribution < 1.29 is 23.8 Å². The van der Waals surface area contributed by atoms with Crippen LogP contribution in [0.5, 0.6) is 17.2 Å². The topological polar surface area (TPSA) is 141 Å². The molecule has 6 rings (SSSR count). The summed E-state index contributed by atoms with van der Waals surface area (Å²) < 4.78 is 17.4. The second kappa shape index (κ2) is 10.6. The molecule has 0 aliphatic carbocycles. The Morgan fingerprint density at radius 1 is 1.14 bits per heavy atom. The van der Waals surface area contributed by atoms with Crippen LogP contribution in [0.25, 0.3) is 0 Å². The van der Waals surface area contributed by atoms with Gasteiger partial charge in [-0.2, -0.15) is 4.98 Å².